The molecule has 1 aliphatic carbocycles. The van der Waals surface area contributed by atoms with Crippen LogP contribution in [0.2, 0.25) is 0 Å². The number of amides is 1. The van der Waals surface area contributed by atoms with E-state index in [4.69, 9.17) is 5.10 Å². The molecule has 1 aliphatic rings. The van der Waals surface area contributed by atoms with Crippen molar-refractivity contribution in [2.24, 2.45) is 5.92 Å². The number of nitrogens with zero attached hydrogens (tertiary/aromatic N) is 3. The van der Waals surface area contributed by atoms with Crippen LogP contribution in [0.1, 0.15) is 74.2 Å². The highest BCUT2D eigenvalue weighted by Crippen LogP contribution is 2.35. The molecular weight excluding hydrogens is 442 g/mol. The number of halogens is 2. The summed E-state index contributed by atoms with van der Waals surface area (Å²) in [6.45, 7) is 4.14. The summed E-state index contributed by atoms with van der Waals surface area (Å²) in [4.78, 5) is 16.7. The van der Waals surface area contributed by atoms with Crippen LogP contribution in [-0.2, 0) is 11.5 Å². The normalized spacial score (nSPS) is 19.4. The number of nitrogens with one attached hydrogen (secondary N) is 1. The van der Waals surface area contributed by atoms with E-state index in [1.165, 1.54) is 18.2 Å². The second-order valence-corrected chi connectivity index (χ2v) is 9.73. The van der Waals surface area contributed by atoms with E-state index in [0.29, 0.717) is 22.7 Å². The molecule has 3 aromatic rings. The number of anilines is 1. The molecule has 3 N–H and O–H groups in total. The Labute approximate surface area is 196 Å². The lowest BCUT2D eigenvalue weighted by Gasteiger charge is -2.27. The summed E-state index contributed by atoms with van der Waals surface area (Å²) >= 11 is 0. The maximum Gasteiger partial charge on any atom is 0.287 e. The van der Waals surface area contributed by atoms with Crippen LogP contribution in [0, 0.1) is 5.92 Å². The molecule has 0 saturated heterocycles. The molecule has 1 aromatic carbocycles. The molecule has 2 aromatic heterocycles. The Morgan fingerprint density at radius 3 is 2.50 bits per heavy atom. The number of carbonyl (C=O) groups is 1. The number of pyridine rings is 1. The van der Waals surface area contributed by atoms with Gasteiger partial charge in [0, 0.05) is 36.4 Å². The van der Waals surface area contributed by atoms with Crippen molar-refractivity contribution in [3.8, 4) is 0 Å². The van der Waals surface area contributed by atoms with E-state index in [-0.39, 0.29) is 18.3 Å². The molecule has 34 heavy (non-hydrogen) atoms. The number of fused-ring (bicyclic) bond motifs is 1. The highest BCUT2D eigenvalue weighted by atomic mass is 19.3. The van der Waals surface area contributed by atoms with Crippen molar-refractivity contribution in [2.75, 3.05) is 11.9 Å². The quantitative estimate of drug-likeness (QED) is 0.481. The lowest BCUT2D eigenvalue weighted by molar-refractivity contribution is 0.0126. The number of aromatic nitrogens is 3. The Bertz CT molecular complexity index is 1190. The van der Waals surface area contributed by atoms with Crippen LogP contribution in [0.25, 0.3) is 10.9 Å². The fourth-order valence-electron chi connectivity index (χ4n) is 4.47. The third kappa shape index (κ3) is 5.10. The molecule has 1 saturated carbocycles. The first-order valence-corrected chi connectivity index (χ1v) is 11.5. The van der Waals surface area contributed by atoms with Gasteiger partial charge in [-0.15, -0.1) is 0 Å². The van der Waals surface area contributed by atoms with Crippen LogP contribution in [0.3, 0.4) is 0 Å². The van der Waals surface area contributed by atoms with Crippen LogP contribution in [0.15, 0.2) is 36.5 Å². The third-order valence-electron chi connectivity index (χ3n) is 6.45. The Kier molecular flexibility index (Phi) is 6.44. The fraction of sp³-hybridized carbons (Fsp3) is 0.480. The zero-order valence-corrected chi connectivity index (χ0v) is 19.6. The zero-order chi connectivity index (χ0) is 24.7. The topological polar surface area (TPSA) is 100 Å². The lowest BCUT2D eigenvalue weighted by Crippen LogP contribution is -2.22. The minimum atomic E-state index is -3.17. The van der Waals surface area contributed by atoms with Gasteiger partial charge in [0.2, 0.25) is 0 Å². The van der Waals surface area contributed by atoms with E-state index in [1.807, 2.05) is 10.9 Å². The summed E-state index contributed by atoms with van der Waals surface area (Å²) < 4.78 is 29.3. The lowest BCUT2D eigenvalue weighted by atomic mass is 9.87. The first-order chi connectivity index (χ1) is 16.0. The molecule has 4 rings (SSSR count). The van der Waals surface area contributed by atoms with E-state index in [1.54, 1.807) is 26.0 Å². The summed E-state index contributed by atoms with van der Waals surface area (Å²) in [6, 6.07) is 7.61. The van der Waals surface area contributed by atoms with Gasteiger partial charge < -0.3 is 15.5 Å². The van der Waals surface area contributed by atoms with Crippen molar-refractivity contribution in [3.05, 3.63) is 53.5 Å². The molecule has 0 aliphatic heterocycles. The summed E-state index contributed by atoms with van der Waals surface area (Å²) in [5, 5.41) is 28.4. The number of carbonyl (C=O) groups excluding carboxylic acids is 1. The average molecular weight is 473 g/mol. The molecule has 1 fully saturated rings. The highest BCUT2D eigenvalue weighted by molar-refractivity contribution is 6.04. The largest absolute Gasteiger partial charge is 0.396 e. The van der Waals surface area contributed by atoms with Crippen LogP contribution in [-0.4, -0.2) is 37.5 Å². The van der Waals surface area contributed by atoms with Gasteiger partial charge in [-0.1, -0.05) is 6.07 Å². The van der Waals surface area contributed by atoms with E-state index >= 15 is 0 Å². The van der Waals surface area contributed by atoms with E-state index in [0.717, 1.165) is 38.0 Å². The highest BCUT2D eigenvalue weighted by Gasteiger charge is 2.28. The number of alkyl halides is 2. The van der Waals surface area contributed by atoms with Crippen molar-refractivity contribution in [1.82, 2.24) is 14.8 Å². The van der Waals surface area contributed by atoms with Crippen molar-refractivity contribution < 1.29 is 23.8 Å². The van der Waals surface area contributed by atoms with Crippen molar-refractivity contribution in [2.45, 2.75) is 64.0 Å². The van der Waals surface area contributed by atoms with Gasteiger partial charge in [0.25, 0.3) is 11.8 Å². The molecule has 0 atom stereocenters. The Morgan fingerprint density at radius 2 is 1.88 bits per heavy atom. The molecule has 0 spiro atoms. The van der Waals surface area contributed by atoms with Gasteiger partial charge in [-0.25, -0.2) is 4.98 Å². The molecule has 0 unspecified atom stereocenters. The second kappa shape index (κ2) is 9.03. The molecule has 2 heterocycles. The van der Waals surface area contributed by atoms with Gasteiger partial charge >= 0.3 is 0 Å². The maximum absolute atomic E-state index is 13.7. The van der Waals surface area contributed by atoms with Gasteiger partial charge in [0.05, 0.1) is 17.2 Å². The number of hydrogen-bond donors (Lipinski definition) is 3. The molecular formula is C25H30F2N4O3. The number of benzene rings is 1. The number of rotatable bonds is 6. The summed E-state index contributed by atoms with van der Waals surface area (Å²) in [7, 11) is 0. The van der Waals surface area contributed by atoms with E-state index in [2.05, 4.69) is 10.3 Å². The van der Waals surface area contributed by atoms with Crippen LogP contribution in [0.4, 0.5) is 14.5 Å². The molecule has 9 heteroatoms. The van der Waals surface area contributed by atoms with E-state index in [9.17, 15) is 23.8 Å². The average Bonchev–Trinajstić information content (AvgIpc) is 3.20. The number of aliphatic hydroxyl groups is 2. The maximum atomic E-state index is 13.7. The Balaban J connectivity index is 1.66. The molecule has 0 radical (unpaired) electrons. The Morgan fingerprint density at radius 1 is 1.18 bits per heavy atom. The van der Waals surface area contributed by atoms with Crippen LogP contribution >= 0.6 is 0 Å². The molecule has 1 amide bonds. The first kappa shape index (κ1) is 24.2. The van der Waals surface area contributed by atoms with Crippen molar-refractivity contribution in [1.29, 1.82) is 0 Å². The predicted molar refractivity (Wildman–Crippen MR) is 125 cm³/mol. The first-order valence-electron chi connectivity index (χ1n) is 11.5. The SMILES string of the molecule is CC(C)(O)c1cc2nn(C3CCC(CO)CC3)cc2cc1NC(=O)c1cccc(C(C)(F)F)n1. The second-order valence-electron chi connectivity index (χ2n) is 9.73. The fourth-order valence-corrected chi connectivity index (χ4v) is 4.47. The standard InChI is InChI=1S/C25H30F2N4O3/c1-24(2,34)18-12-20-16(13-31(30-20)17-9-7-15(14-32)8-10-17)11-21(18)29-23(33)19-5-4-6-22(28-19)25(3,26)27/h4-6,11-13,15,17,32,34H,7-10,14H2,1-3H3,(H,29,33). The third-order valence-corrected chi connectivity index (χ3v) is 6.45. The molecule has 7 nitrogen and oxygen atoms in total. The zero-order valence-electron chi connectivity index (χ0n) is 19.6. The van der Waals surface area contributed by atoms with E-state index < -0.39 is 23.1 Å². The van der Waals surface area contributed by atoms with Gasteiger partial charge in [0.1, 0.15) is 11.4 Å². The smallest absolute Gasteiger partial charge is 0.287 e. The minimum Gasteiger partial charge on any atom is -0.396 e. The van der Waals surface area contributed by atoms with Gasteiger partial charge in [-0.05, 0) is 69.7 Å². The van der Waals surface area contributed by atoms with Crippen molar-refractivity contribution >= 4 is 22.5 Å². The number of hydrogen-bond acceptors (Lipinski definition) is 5. The molecule has 0 bridgehead atoms. The summed E-state index contributed by atoms with van der Waals surface area (Å²) in [6.07, 6.45) is 5.64. The van der Waals surface area contributed by atoms with Gasteiger partial charge in [0.15, 0.2) is 0 Å². The Hall–Kier alpha value is -2.91. The minimum absolute atomic E-state index is 0.142. The van der Waals surface area contributed by atoms with Crippen molar-refractivity contribution in [3.63, 3.8) is 0 Å². The molecule has 182 valence electrons. The number of aliphatic hydroxyl groups excluding tert-OH is 1. The van der Waals surface area contributed by atoms with Gasteiger partial charge in [-0.3, -0.25) is 9.48 Å². The van der Waals surface area contributed by atoms with Gasteiger partial charge in [-0.2, -0.15) is 13.9 Å². The summed E-state index contributed by atoms with van der Waals surface area (Å²) in [5.41, 5.74) is -0.410. The monoisotopic (exact) mass is 472 g/mol. The summed E-state index contributed by atoms with van der Waals surface area (Å²) in [5.74, 6) is -3.48. The van der Waals surface area contributed by atoms with Crippen LogP contribution in [0.5, 0.6) is 0 Å². The van der Waals surface area contributed by atoms with Crippen LogP contribution < -0.4 is 5.32 Å². The predicted octanol–water partition coefficient (Wildman–Crippen LogP) is 4.75.